The van der Waals surface area contributed by atoms with Gasteiger partial charge in [0, 0.05) is 52.2 Å². The normalized spacial score (nSPS) is 11.4. The number of benzene rings is 1. The number of ether oxygens (including phenoxy) is 1. The predicted octanol–water partition coefficient (Wildman–Crippen LogP) is 5.20. The van der Waals surface area contributed by atoms with Crippen molar-refractivity contribution in [3.8, 4) is 22.4 Å². The zero-order valence-corrected chi connectivity index (χ0v) is 18.2. The van der Waals surface area contributed by atoms with Gasteiger partial charge in [0.1, 0.15) is 5.82 Å². The summed E-state index contributed by atoms with van der Waals surface area (Å²) in [6.45, 7) is 6.50. The van der Waals surface area contributed by atoms with Gasteiger partial charge in [0.25, 0.3) is 0 Å². The van der Waals surface area contributed by atoms with Crippen LogP contribution < -0.4 is 0 Å². The van der Waals surface area contributed by atoms with Crippen LogP contribution in [0.4, 0.5) is 4.39 Å². The Morgan fingerprint density at radius 3 is 2.66 bits per heavy atom. The molecule has 0 N–H and O–H groups in total. The van der Waals surface area contributed by atoms with Crippen LogP contribution in [-0.2, 0) is 16.1 Å². The van der Waals surface area contributed by atoms with E-state index in [0.717, 1.165) is 22.2 Å². The van der Waals surface area contributed by atoms with Crippen LogP contribution in [0.25, 0.3) is 39.5 Å². The monoisotopic (exact) mass is 430 g/mol. The SMILES string of the molecule is CCOC(=O)/C=C/c1c(-c2ccccc2F)nc2c(cnn2CC)c1-c1cccnc1C. The summed E-state index contributed by atoms with van der Waals surface area (Å²) in [5.74, 6) is -0.883. The topological polar surface area (TPSA) is 69.9 Å². The minimum absolute atomic E-state index is 0.262. The Morgan fingerprint density at radius 1 is 1.16 bits per heavy atom. The second-order valence-corrected chi connectivity index (χ2v) is 7.15. The van der Waals surface area contributed by atoms with Crippen molar-refractivity contribution >= 4 is 23.1 Å². The van der Waals surface area contributed by atoms with Crippen LogP contribution >= 0.6 is 0 Å². The number of carbonyl (C=O) groups excluding carboxylic acids is 1. The van der Waals surface area contributed by atoms with Gasteiger partial charge in [-0.3, -0.25) is 4.98 Å². The first-order chi connectivity index (χ1) is 15.5. The molecule has 3 heterocycles. The zero-order chi connectivity index (χ0) is 22.7. The van der Waals surface area contributed by atoms with Gasteiger partial charge in [0.15, 0.2) is 5.65 Å². The first-order valence-electron chi connectivity index (χ1n) is 10.5. The zero-order valence-electron chi connectivity index (χ0n) is 18.2. The fraction of sp³-hybridized carbons (Fsp3) is 0.200. The third-order valence-electron chi connectivity index (χ3n) is 5.20. The lowest BCUT2D eigenvalue weighted by atomic mass is 9.92. The maximum Gasteiger partial charge on any atom is 0.330 e. The molecular weight excluding hydrogens is 407 g/mol. The second kappa shape index (κ2) is 9.09. The van der Waals surface area contributed by atoms with Gasteiger partial charge in [0.2, 0.25) is 0 Å². The first-order valence-corrected chi connectivity index (χ1v) is 10.5. The Morgan fingerprint density at radius 2 is 1.94 bits per heavy atom. The molecule has 7 heteroatoms. The summed E-state index contributed by atoms with van der Waals surface area (Å²) in [5.41, 5.74) is 4.44. The number of halogens is 1. The summed E-state index contributed by atoms with van der Waals surface area (Å²) in [6.07, 6.45) is 6.45. The number of aromatic nitrogens is 4. The van der Waals surface area contributed by atoms with Gasteiger partial charge in [-0.1, -0.05) is 18.2 Å². The van der Waals surface area contributed by atoms with Gasteiger partial charge in [-0.2, -0.15) is 5.10 Å². The fourth-order valence-corrected chi connectivity index (χ4v) is 3.74. The fourth-order valence-electron chi connectivity index (χ4n) is 3.74. The number of esters is 1. The van der Waals surface area contributed by atoms with E-state index in [1.807, 2.05) is 26.0 Å². The minimum atomic E-state index is -0.481. The van der Waals surface area contributed by atoms with E-state index in [0.29, 0.717) is 29.0 Å². The maximum absolute atomic E-state index is 14.9. The lowest BCUT2D eigenvalue weighted by molar-refractivity contribution is -0.137. The van der Waals surface area contributed by atoms with Crippen molar-refractivity contribution in [3.63, 3.8) is 0 Å². The largest absolute Gasteiger partial charge is 0.463 e. The van der Waals surface area contributed by atoms with E-state index < -0.39 is 11.8 Å². The maximum atomic E-state index is 14.9. The summed E-state index contributed by atoms with van der Waals surface area (Å²) in [4.78, 5) is 21.4. The van der Waals surface area contributed by atoms with Crippen LogP contribution in [0.5, 0.6) is 0 Å². The van der Waals surface area contributed by atoms with Crippen LogP contribution in [0.1, 0.15) is 25.1 Å². The smallest absolute Gasteiger partial charge is 0.330 e. The summed E-state index contributed by atoms with van der Waals surface area (Å²) in [7, 11) is 0. The standard InChI is InChI=1S/C25H23FN4O2/c1-4-30-25-20(15-28-30)23(17-10-8-14-27-16(17)3)19(12-13-22(31)32-5-2)24(29-25)18-9-6-7-11-21(18)26/h6-15H,4-5H2,1-3H3/b13-12+. The van der Waals surface area contributed by atoms with Crippen molar-refractivity contribution < 1.29 is 13.9 Å². The molecule has 0 bridgehead atoms. The van der Waals surface area contributed by atoms with Crippen molar-refractivity contribution in [1.29, 1.82) is 0 Å². The highest BCUT2D eigenvalue weighted by Crippen LogP contribution is 2.39. The van der Waals surface area contributed by atoms with Gasteiger partial charge in [-0.25, -0.2) is 18.9 Å². The number of nitrogens with zero attached hydrogens (tertiary/aromatic N) is 4. The van der Waals surface area contributed by atoms with E-state index in [9.17, 15) is 9.18 Å². The van der Waals surface area contributed by atoms with Crippen molar-refractivity contribution in [1.82, 2.24) is 19.7 Å². The Kier molecular flexibility index (Phi) is 6.07. The van der Waals surface area contributed by atoms with Crippen molar-refractivity contribution in [2.75, 3.05) is 6.61 Å². The molecule has 0 saturated carbocycles. The molecule has 32 heavy (non-hydrogen) atoms. The highest BCUT2D eigenvalue weighted by molar-refractivity contribution is 6.03. The average molecular weight is 430 g/mol. The predicted molar refractivity (Wildman–Crippen MR) is 122 cm³/mol. The molecule has 4 rings (SSSR count). The number of hydrogen-bond acceptors (Lipinski definition) is 5. The molecule has 0 fully saturated rings. The molecule has 1 aromatic carbocycles. The molecule has 4 aromatic rings. The van der Waals surface area contributed by atoms with E-state index in [-0.39, 0.29) is 6.61 Å². The average Bonchev–Trinajstić information content (AvgIpc) is 3.20. The van der Waals surface area contributed by atoms with Gasteiger partial charge in [-0.15, -0.1) is 0 Å². The Hall–Kier alpha value is -3.87. The van der Waals surface area contributed by atoms with Crippen LogP contribution in [0.2, 0.25) is 0 Å². The first kappa shape index (κ1) is 21.4. The molecule has 162 valence electrons. The Balaban J connectivity index is 2.13. The van der Waals surface area contributed by atoms with Crippen molar-refractivity contribution in [3.05, 3.63) is 71.9 Å². The number of pyridine rings is 2. The van der Waals surface area contributed by atoms with E-state index >= 15 is 0 Å². The molecule has 0 aliphatic heterocycles. The summed E-state index contributed by atoms with van der Waals surface area (Å²) < 4.78 is 21.7. The Bertz CT molecular complexity index is 1330. The van der Waals surface area contributed by atoms with Crippen molar-refractivity contribution in [2.24, 2.45) is 0 Å². The minimum Gasteiger partial charge on any atom is -0.463 e. The third kappa shape index (κ3) is 3.89. The number of rotatable bonds is 6. The molecule has 0 aliphatic rings. The highest BCUT2D eigenvalue weighted by Gasteiger charge is 2.22. The van der Waals surface area contributed by atoms with Crippen LogP contribution in [0, 0.1) is 12.7 Å². The number of aryl methyl sites for hydroxylation is 2. The van der Waals surface area contributed by atoms with Gasteiger partial charge in [-0.05, 0) is 45.0 Å². The highest BCUT2D eigenvalue weighted by atomic mass is 19.1. The summed E-state index contributed by atoms with van der Waals surface area (Å²) in [5, 5.41) is 5.27. The van der Waals surface area contributed by atoms with Crippen molar-refractivity contribution in [2.45, 2.75) is 27.3 Å². The summed E-state index contributed by atoms with van der Waals surface area (Å²) >= 11 is 0. The molecule has 0 spiro atoms. The summed E-state index contributed by atoms with van der Waals surface area (Å²) in [6, 6.07) is 10.3. The molecule has 0 unspecified atom stereocenters. The van der Waals surface area contributed by atoms with Gasteiger partial charge in [0.05, 0.1) is 18.5 Å². The molecule has 3 aromatic heterocycles. The molecule has 0 aliphatic carbocycles. The number of carbonyl (C=O) groups is 1. The lowest BCUT2D eigenvalue weighted by Crippen LogP contribution is -2.03. The van der Waals surface area contributed by atoms with E-state index in [1.54, 1.807) is 48.3 Å². The quantitative estimate of drug-likeness (QED) is 0.310. The van der Waals surface area contributed by atoms with E-state index in [4.69, 9.17) is 9.72 Å². The van der Waals surface area contributed by atoms with Crippen LogP contribution in [0.3, 0.4) is 0 Å². The molecule has 0 saturated heterocycles. The van der Waals surface area contributed by atoms with Gasteiger partial charge >= 0.3 is 5.97 Å². The molecule has 0 radical (unpaired) electrons. The van der Waals surface area contributed by atoms with Crippen LogP contribution in [0.15, 0.2) is 54.9 Å². The van der Waals surface area contributed by atoms with E-state index in [2.05, 4.69) is 10.1 Å². The van der Waals surface area contributed by atoms with E-state index in [1.165, 1.54) is 12.1 Å². The molecule has 0 amide bonds. The molecule has 0 atom stereocenters. The third-order valence-corrected chi connectivity index (χ3v) is 5.20. The number of fused-ring (bicyclic) bond motifs is 1. The molecular formula is C25H23FN4O2. The number of hydrogen-bond donors (Lipinski definition) is 0. The van der Waals surface area contributed by atoms with Gasteiger partial charge < -0.3 is 4.74 Å². The Labute approximate surface area is 185 Å². The molecule has 6 nitrogen and oxygen atoms in total. The van der Waals surface area contributed by atoms with Crippen LogP contribution in [-0.4, -0.2) is 32.3 Å². The second-order valence-electron chi connectivity index (χ2n) is 7.15. The lowest BCUT2D eigenvalue weighted by Gasteiger charge is -2.16.